The number of thiocarbonyl (C=S) groups is 1. The molecule has 0 fully saturated rings. The summed E-state index contributed by atoms with van der Waals surface area (Å²) in [5, 5.41) is 7.76. The number of carbonyl (C=O) groups excluding carboxylic acids is 1. The van der Waals surface area contributed by atoms with Crippen molar-refractivity contribution in [3.63, 3.8) is 0 Å². The van der Waals surface area contributed by atoms with Crippen LogP contribution < -0.4 is 15.5 Å². The average Bonchev–Trinajstić information content (AvgIpc) is 2.70. The Bertz CT molecular complexity index is 1110. The molecule has 0 aliphatic heterocycles. The summed E-state index contributed by atoms with van der Waals surface area (Å²) in [6.07, 6.45) is 1.51. The van der Waals surface area contributed by atoms with Crippen LogP contribution in [0.4, 0.5) is 10.1 Å². The molecule has 30 heavy (non-hydrogen) atoms. The molecule has 0 aliphatic carbocycles. The monoisotopic (exact) mass is 461 g/mol. The number of esters is 1. The van der Waals surface area contributed by atoms with E-state index in [9.17, 15) is 9.18 Å². The van der Waals surface area contributed by atoms with Crippen LogP contribution in [0, 0.1) is 5.82 Å². The lowest BCUT2D eigenvalue weighted by molar-refractivity contribution is 0.0735. The van der Waals surface area contributed by atoms with Crippen LogP contribution in [0.25, 0.3) is 0 Å². The van der Waals surface area contributed by atoms with Crippen molar-refractivity contribution >= 4 is 58.4 Å². The van der Waals surface area contributed by atoms with E-state index in [2.05, 4.69) is 15.8 Å². The summed E-state index contributed by atoms with van der Waals surface area (Å²) in [5.74, 6) is -0.619. The van der Waals surface area contributed by atoms with Gasteiger partial charge in [-0.15, -0.1) is 0 Å². The Morgan fingerprint density at radius 1 is 1.07 bits per heavy atom. The van der Waals surface area contributed by atoms with E-state index in [1.54, 1.807) is 42.5 Å². The molecule has 0 saturated heterocycles. The van der Waals surface area contributed by atoms with E-state index in [0.29, 0.717) is 22.0 Å². The van der Waals surface area contributed by atoms with Crippen LogP contribution in [0.3, 0.4) is 0 Å². The van der Waals surface area contributed by atoms with Crippen molar-refractivity contribution in [2.24, 2.45) is 5.10 Å². The number of hydrazone groups is 1. The second-order valence-electron chi connectivity index (χ2n) is 5.92. The summed E-state index contributed by atoms with van der Waals surface area (Å²) in [6, 6.07) is 17.0. The van der Waals surface area contributed by atoms with Gasteiger partial charge in [-0.25, -0.2) is 9.18 Å². The van der Waals surface area contributed by atoms with Gasteiger partial charge in [-0.3, -0.25) is 5.43 Å². The fraction of sp³-hybridized carbons (Fsp3) is 0. The van der Waals surface area contributed by atoms with Crippen LogP contribution in [-0.4, -0.2) is 17.3 Å². The quantitative estimate of drug-likeness (QED) is 0.168. The normalized spacial score (nSPS) is 10.6. The molecule has 5 nitrogen and oxygen atoms in total. The molecular weight excluding hydrogens is 448 g/mol. The largest absolute Gasteiger partial charge is 0.423 e. The first-order chi connectivity index (χ1) is 14.4. The van der Waals surface area contributed by atoms with Gasteiger partial charge in [-0.2, -0.15) is 5.10 Å². The minimum atomic E-state index is -0.603. The first kappa shape index (κ1) is 21.7. The predicted octanol–water partition coefficient (Wildman–Crippen LogP) is 5.67. The molecule has 2 N–H and O–H groups in total. The van der Waals surface area contributed by atoms with E-state index >= 15 is 0 Å². The number of benzene rings is 3. The Morgan fingerprint density at radius 2 is 1.83 bits per heavy atom. The van der Waals surface area contributed by atoms with Gasteiger partial charge in [0.25, 0.3) is 0 Å². The van der Waals surface area contributed by atoms with Gasteiger partial charge in [-0.1, -0.05) is 35.3 Å². The summed E-state index contributed by atoms with van der Waals surface area (Å²) in [5.41, 5.74) is 4.15. The van der Waals surface area contributed by atoms with Gasteiger partial charge >= 0.3 is 5.97 Å². The Labute approximate surface area is 187 Å². The van der Waals surface area contributed by atoms with Crippen molar-refractivity contribution in [1.82, 2.24) is 5.43 Å². The molecule has 0 aromatic heterocycles. The highest BCUT2D eigenvalue weighted by atomic mass is 35.5. The number of rotatable bonds is 5. The molecule has 0 spiro atoms. The van der Waals surface area contributed by atoms with Crippen LogP contribution in [0.2, 0.25) is 10.0 Å². The van der Waals surface area contributed by atoms with Crippen molar-refractivity contribution in [3.8, 4) is 5.75 Å². The summed E-state index contributed by atoms with van der Waals surface area (Å²) >= 11 is 17.0. The van der Waals surface area contributed by atoms with Crippen molar-refractivity contribution in [3.05, 3.63) is 93.7 Å². The minimum absolute atomic E-state index is 0.205. The summed E-state index contributed by atoms with van der Waals surface area (Å²) < 4.78 is 18.3. The molecule has 3 aromatic carbocycles. The first-order valence-corrected chi connectivity index (χ1v) is 9.70. The van der Waals surface area contributed by atoms with Gasteiger partial charge in [-0.05, 0) is 72.4 Å². The number of nitrogens with one attached hydrogen (secondary N) is 2. The molecular formula is C21H14Cl2FN3O2S. The van der Waals surface area contributed by atoms with Gasteiger partial charge in [0, 0.05) is 10.7 Å². The molecule has 3 rings (SSSR count). The minimum Gasteiger partial charge on any atom is -0.423 e. The summed E-state index contributed by atoms with van der Waals surface area (Å²) in [4.78, 5) is 12.3. The number of nitrogens with zero attached hydrogens (tertiary/aromatic N) is 1. The second kappa shape index (κ2) is 10.2. The Kier molecular flexibility index (Phi) is 7.35. The molecule has 9 heteroatoms. The van der Waals surface area contributed by atoms with Gasteiger partial charge in [0.2, 0.25) is 0 Å². The first-order valence-electron chi connectivity index (χ1n) is 8.53. The standard InChI is InChI=1S/C21H14Cl2FN3O2S/c22-14-4-9-18(19(23)11-14)20(28)29-17-3-1-2-13(10-17)12-25-27-21(30)26-16-7-5-15(24)6-8-16/h1-12H,(H2,26,27,30)/b25-12-. The molecule has 0 saturated carbocycles. The van der Waals surface area contributed by atoms with Gasteiger partial charge < -0.3 is 10.1 Å². The molecule has 0 heterocycles. The number of carbonyl (C=O) groups is 1. The lowest BCUT2D eigenvalue weighted by Crippen LogP contribution is -2.23. The summed E-state index contributed by atoms with van der Waals surface area (Å²) in [6.45, 7) is 0. The topological polar surface area (TPSA) is 62.7 Å². The fourth-order valence-electron chi connectivity index (χ4n) is 2.33. The number of anilines is 1. The van der Waals surface area contributed by atoms with Crippen LogP contribution in [0.5, 0.6) is 5.75 Å². The van der Waals surface area contributed by atoms with Crippen molar-refractivity contribution in [1.29, 1.82) is 0 Å². The highest BCUT2D eigenvalue weighted by molar-refractivity contribution is 7.80. The highest BCUT2D eigenvalue weighted by Gasteiger charge is 2.13. The van der Waals surface area contributed by atoms with Crippen LogP contribution >= 0.6 is 35.4 Å². The fourth-order valence-corrected chi connectivity index (χ4v) is 2.99. The lowest BCUT2D eigenvalue weighted by atomic mass is 10.2. The number of hydrogen-bond acceptors (Lipinski definition) is 4. The maximum atomic E-state index is 12.9. The van der Waals surface area contributed by atoms with Crippen molar-refractivity contribution < 1.29 is 13.9 Å². The SMILES string of the molecule is O=C(Oc1cccc(/C=N\NC(=S)Nc2ccc(F)cc2)c1)c1ccc(Cl)cc1Cl. The lowest BCUT2D eigenvalue weighted by Gasteiger charge is -2.07. The van der Waals surface area contributed by atoms with E-state index in [-0.39, 0.29) is 21.5 Å². The maximum Gasteiger partial charge on any atom is 0.345 e. The molecule has 0 aliphatic rings. The smallest absolute Gasteiger partial charge is 0.345 e. The molecule has 0 bridgehead atoms. The Morgan fingerprint density at radius 3 is 2.57 bits per heavy atom. The zero-order chi connectivity index (χ0) is 21.5. The molecule has 0 amide bonds. The van der Waals surface area contributed by atoms with E-state index in [0.717, 1.165) is 0 Å². The van der Waals surface area contributed by atoms with Crippen LogP contribution in [0.15, 0.2) is 71.8 Å². The number of halogens is 3. The Balaban J connectivity index is 1.58. The van der Waals surface area contributed by atoms with Crippen molar-refractivity contribution in [2.75, 3.05) is 5.32 Å². The van der Waals surface area contributed by atoms with Crippen LogP contribution in [0.1, 0.15) is 15.9 Å². The highest BCUT2D eigenvalue weighted by Crippen LogP contribution is 2.23. The maximum absolute atomic E-state index is 12.9. The predicted molar refractivity (Wildman–Crippen MR) is 121 cm³/mol. The van der Waals surface area contributed by atoms with Crippen LogP contribution in [-0.2, 0) is 0 Å². The third kappa shape index (κ3) is 6.25. The van der Waals surface area contributed by atoms with E-state index in [4.69, 9.17) is 40.2 Å². The van der Waals surface area contributed by atoms with Crippen molar-refractivity contribution in [2.45, 2.75) is 0 Å². The average molecular weight is 462 g/mol. The van der Waals surface area contributed by atoms with Gasteiger partial charge in [0.15, 0.2) is 5.11 Å². The van der Waals surface area contributed by atoms with Gasteiger partial charge in [0.05, 0.1) is 16.8 Å². The van der Waals surface area contributed by atoms with E-state index in [1.807, 2.05) is 0 Å². The zero-order valence-electron chi connectivity index (χ0n) is 15.2. The number of hydrogen-bond donors (Lipinski definition) is 2. The van der Waals surface area contributed by atoms with Gasteiger partial charge in [0.1, 0.15) is 11.6 Å². The molecule has 0 radical (unpaired) electrons. The Hall–Kier alpha value is -3.00. The van der Waals surface area contributed by atoms with E-state index < -0.39 is 5.97 Å². The molecule has 3 aromatic rings. The van der Waals surface area contributed by atoms with E-state index in [1.165, 1.54) is 30.5 Å². The molecule has 0 unspecified atom stereocenters. The zero-order valence-corrected chi connectivity index (χ0v) is 17.6. The molecule has 152 valence electrons. The second-order valence-corrected chi connectivity index (χ2v) is 7.17. The summed E-state index contributed by atoms with van der Waals surface area (Å²) in [7, 11) is 0. The third-order valence-corrected chi connectivity index (χ3v) is 4.44. The third-order valence-electron chi connectivity index (χ3n) is 3.70. The number of ether oxygens (including phenoxy) is 1. The molecule has 0 atom stereocenters.